The first-order chi connectivity index (χ1) is 6.99. The summed E-state index contributed by atoms with van der Waals surface area (Å²) >= 11 is 7.36. The molecular weight excluding hydrogens is 234 g/mol. The van der Waals surface area contributed by atoms with Crippen LogP contribution < -0.4 is 0 Å². The minimum absolute atomic E-state index is 0.0627. The molecule has 0 spiro atoms. The predicted octanol–water partition coefficient (Wildman–Crippen LogP) is 2.70. The molecule has 0 bridgehead atoms. The monoisotopic (exact) mass is 247 g/mol. The molecule has 84 valence electrons. The first-order valence-electron chi connectivity index (χ1n) is 4.68. The minimum atomic E-state index is -0.800. The van der Waals surface area contributed by atoms with E-state index >= 15 is 0 Å². The summed E-state index contributed by atoms with van der Waals surface area (Å²) < 4.78 is 0. The number of halogens is 1. The SMILES string of the molecule is CC(C)N(CC(=O)O)Cc1cc(Cl)cs1. The van der Waals surface area contributed by atoms with Crippen LogP contribution in [0.4, 0.5) is 0 Å². The summed E-state index contributed by atoms with van der Waals surface area (Å²) in [5.74, 6) is -0.800. The summed E-state index contributed by atoms with van der Waals surface area (Å²) in [7, 11) is 0. The van der Waals surface area contributed by atoms with Crippen molar-refractivity contribution >= 4 is 28.9 Å². The highest BCUT2D eigenvalue weighted by Gasteiger charge is 2.14. The van der Waals surface area contributed by atoms with Crippen molar-refractivity contribution in [2.24, 2.45) is 0 Å². The summed E-state index contributed by atoms with van der Waals surface area (Å²) in [4.78, 5) is 13.6. The van der Waals surface area contributed by atoms with E-state index < -0.39 is 5.97 Å². The normalized spacial score (nSPS) is 11.3. The number of rotatable bonds is 5. The van der Waals surface area contributed by atoms with Crippen LogP contribution in [0, 0.1) is 0 Å². The average molecular weight is 248 g/mol. The minimum Gasteiger partial charge on any atom is -0.480 e. The van der Waals surface area contributed by atoms with Crippen LogP contribution >= 0.6 is 22.9 Å². The summed E-state index contributed by atoms with van der Waals surface area (Å²) in [6.07, 6.45) is 0. The Labute approximate surface area is 98.3 Å². The molecule has 0 aliphatic carbocycles. The maximum Gasteiger partial charge on any atom is 0.317 e. The standard InChI is InChI=1S/C10H14ClNO2S/c1-7(2)12(5-10(13)14)4-9-3-8(11)6-15-9/h3,6-7H,4-5H2,1-2H3,(H,13,14). The fourth-order valence-corrected chi connectivity index (χ4v) is 2.33. The molecule has 1 aromatic heterocycles. The fourth-order valence-electron chi connectivity index (χ4n) is 1.23. The van der Waals surface area contributed by atoms with Crippen LogP contribution in [0.2, 0.25) is 5.02 Å². The molecule has 0 unspecified atom stereocenters. The molecule has 0 atom stereocenters. The zero-order chi connectivity index (χ0) is 11.4. The van der Waals surface area contributed by atoms with E-state index in [1.165, 1.54) is 0 Å². The van der Waals surface area contributed by atoms with Gasteiger partial charge in [-0.05, 0) is 19.9 Å². The van der Waals surface area contributed by atoms with Gasteiger partial charge in [-0.2, -0.15) is 0 Å². The van der Waals surface area contributed by atoms with Crippen LogP contribution in [0.1, 0.15) is 18.7 Å². The Bertz CT molecular complexity index is 338. The summed E-state index contributed by atoms with van der Waals surface area (Å²) in [6.45, 7) is 4.67. The van der Waals surface area contributed by atoms with Gasteiger partial charge in [0.25, 0.3) is 0 Å². The Morgan fingerprint density at radius 1 is 1.67 bits per heavy atom. The van der Waals surface area contributed by atoms with Crippen molar-refractivity contribution in [2.45, 2.75) is 26.4 Å². The first kappa shape index (κ1) is 12.5. The van der Waals surface area contributed by atoms with Crippen LogP contribution in [0.5, 0.6) is 0 Å². The fraction of sp³-hybridized carbons (Fsp3) is 0.500. The lowest BCUT2D eigenvalue weighted by molar-refractivity contribution is -0.138. The van der Waals surface area contributed by atoms with Gasteiger partial charge in [0.05, 0.1) is 11.6 Å². The zero-order valence-electron chi connectivity index (χ0n) is 8.74. The van der Waals surface area contributed by atoms with E-state index in [4.69, 9.17) is 16.7 Å². The first-order valence-corrected chi connectivity index (χ1v) is 5.93. The van der Waals surface area contributed by atoms with Crippen LogP contribution in [0.15, 0.2) is 11.4 Å². The van der Waals surface area contributed by atoms with Gasteiger partial charge in [0.2, 0.25) is 0 Å². The van der Waals surface area contributed by atoms with Gasteiger partial charge < -0.3 is 5.11 Å². The van der Waals surface area contributed by atoms with Crippen molar-refractivity contribution in [1.82, 2.24) is 4.90 Å². The lowest BCUT2D eigenvalue weighted by Gasteiger charge is -2.23. The Balaban J connectivity index is 2.62. The third-order valence-electron chi connectivity index (χ3n) is 2.05. The lowest BCUT2D eigenvalue weighted by Crippen LogP contribution is -2.34. The number of carboxylic acid groups (broad SMARTS) is 1. The van der Waals surface area contributed by atoms with Crippen LogP contribution in [-0.2, 0) is 11.3 Å². The van der Waals surface area contributed by atoms with E-state index in [0.717, 1.165) is 4.88 Å². The van der Waals surface area contributed by atoms with Crippen molar-refractivity contribution in [3.63, 3.8) is 0 Å². The number of aliphatic carboxylic acids is 1. The Hall–Kier alpha value is -0.580. The van der Waals surface area contributed by atoms with Crippen molar-refractivity contribution in [1.29, 1.82) is 0 Å². The molecule has 3 nitrogen and oxygen atoms in total. The summed E-state index contributed by atoms with van der Waals surface area (Å²) in [5.41, 5.74) is 0. The van der Waals surface area contributed by atoms with E-state index in [-0.39, 0.29) is 12.6 Å². The maximum atomic E-state index is 10.6. The maximum absolute atomic E-state index is 10.6. The average Bonchev–Trinajstić information content (AvgIpc) is 2.49. The van der Waals surface area contributed by atoms with E-state index in [1.807, 2.05) is 30.2 Å². The highest BCUT2D eigenvalue weighted by atomic mass is 35.5. The zero-order valence-corrected chi connectivity index (χ0v) is 10.3. The molecule has 0 saturated heterocycles. The molecule has 1 rings (SSSR count). The second-order valence-corrected chi connectivity index (χ2v) is 5.06. The van der Waals surface area contributed by atoms with Gasteiger partial charge >= 0.3 is 5.97 Å². The second-order valence-electron chi connectivity index (χ2n) is 3.62. The number of hydrogen-bond acceptors (Lipinski definition) is 3. The molecule has 5 heteroatoms. The molecule has 15 heavy (non-hydrogen) atoms. The Morgan fingerprint density at radius 2 is 2.33 bits per heavy atom. The molecule has 0 aromatic carbocycles. The number of nitrogens with zero attached hydrogens (tertiary/aromatic N) is 1. The van der Waals surface area contributed by atoms with Crippen LogP contribution in [0.3, 0.4) is 0 Å². The molecule has 1 heterocycles. The van der Waals surface area contributed by atoms with Crippen molar-refractivity contribution < 1.29 is 9.90 Å². The third kappa shape index (κ3) is 4.20. The summed E-state index contributed by atoms with van der Waals surface area (Å²) in [6, 6.07) is 2.09. The third-order valence-corrected chi connectivity index (χ3v) is 3.32. The summed E-state index contributed by atoms with van der Waals surface area (Å²) in [5, 5.41) is 11.3. The largest absolute Gasteiger partial charge is 0.480 e. The Morgan fingerprint density at radius 3 is 2.73 bits per heavy atom. The number of carboxylic acids is 1. The quantitative estimate of drug-likeness (QED) is 0.870. The molecule has 0 amide bonds. The molecule has 0 radical (unpaired) electrons. The van der Waals surface area contributed by atoms with Crippen molar-refractivity contribution in [3.8, 4) is 0 Å². The number of carbonyl (C=O) groups is 1. The van der Waals surface area contributed by atoms with E-state index in [9.17, 15) is 4.79 Å². The molecule has 0 saturated carbocycles. The predicted molar refractivity (Wildman–Crippen MR) is 62.5 cm³/mol. The highest BCUT2D eigenvalue weighted by Crippen LogP contribution is 2.21. The van der Waals surface area contributed by atoms with Gasteiger partial charge in [-0.3, -0.25) is 9.69 Å². The topological polar surface area (TPSA) is 40.5 Å². The van der Waals surface area contributed by atoms with Crippen LogP contribution in [0.25, 0.3) is 0 Å². The van der Waals surface area contributed by atoms with E-state index in [2.05, 4.69) is 0 Å². The van der Waals surface area contributed by atoms with Crippen LogP contribution in [-0.4, -0.2) is 28.6 Å². The smallest absolute Gasteiger partial charge is 0.317 e. The molecule has 0 aliphatic heterocycles. The van der Waals surface area contributed by atoms with Gasteiger partial charge in [0.1, 0.15) is 0 Å². The molecule has 0 fully saturated rings. The molecule has 1 N–H and O–H groups in total. The van der Waals surface area contributed by atoms with Gasteiger partial charge in [-0.25, -0.2) is 0 Å². The molecular formula is C10H14ClNO2S. The number of thiophene rings is 1. The lowest BCUT2D eigenvalue weighted by atomic mass is 10.3. The van der Waals surface area contributed by atoms with Gasteiger partial charge in [0, 0.05) is 22.8 Å². The molecule has 0 aliphatic rings. The van der Waals surface area contributed by atoms with E-state index in [1.54, 1.807) is 11.3 Å². The second kappa shape index (κ2) is 5.49. The number of hydrogen-bond donors (Lipinski definition) is 1. The Kier molecular flexibility index (Phi) is 4.57. The molecule has 1 aromatic rings. The highest BCUT2D eigenvalue weighted by molar-refractivity contribution is 7.10. The van der Waals surface area contributed by atoms with E-state index in [0.29, 0.717) is 11.6 Å². The van der Waals surface area contributed by atoms with Crippen molar-refractivity contribution in [3.05, 3.63) is 21.3 Å². The van der Waals surface area contributed by atoms with Gasteiger partial charge in [-0.1, -0.05) is 11.6 Å². The van der Waals surface area contributed by atoms with Gasteiger partial charge in [-0.15, -0.1) is 11.3 Å². The van der Waals surface area contributed by atoms with Crippen molar-refractivity contribution in [2.75, 3.05) is 6.54 Å². The van der Waals surface area contributed by atoms with Gasteiger partial charge in [0.15, 0.2) is 0 Å².